The molecule has 3 N–H and O–H groups in total. The number of aliphatic carboxylic acids is 1. The number of rotatable bonds is 13. The maximum atomic E-state index is 13.6. The second-order valence-corrected chi connectivity index (χ2v) is 12.7. The van der Waals surface area contributed by atoms with Crippen LogP contribution in [0.1, 0.15) is 69.3 Å². The summed E-state index contributed by atoms with van der Waals surface area (Å²) in [5.41, 5.74) is 0.417. The van der Waals surface area contributed by atoms with Gasteiger partial charge >= 0.3 is 12.1 Å². The van der Waals surface area contributed by atoms with Crippen molar-refractivity contribution < 1.29 is 43.3 Å². The van der Waals surface area contributed by atoms with E-state index < -0.39 is 42.1 Å². The Morgan fingerprint density at radius 2 is 1.64 bits per heavy atom. The Balaban J connectivity index is 1.30. The van der Waals surface area contributed by atoms with E-state index in [1.807, 2.05) is 0 Å². The van der Waals surface area contributed by atoms with Gasteiger partial charge in [-0.1, -0.05) is 18.2 Å². The molecule has 1 aromatic carbocycles. The zero-order valence-electron chi connectivity index (χ0n) is 28.4. The molecule has 270 valence electrons. The molecule has 16 heteroatoms. The minimum Gasteiger partial charge on any atom is -0.481 e. The summed E-state index contributed by atoms with van der Waals surface area (Å²) in [4.78, 5) is 81.8. The van der Waals surface area contributed by atoms with Crippen LogP contribution < -0.4 is 15.4 Å². The fourth-order valence-corrected chi connectivity index (χ4v) is 6.23. The molecule has 3 atom stereocenters. The van der Waals surface area contributed by atoms with Crippen molar-refractivity contribution >= 4 is 35.7 Å². The van der Waals surface area contributed by atoms with Crippen molar-refractivity contribution in [1.29, 1.82) is 0 Å². The van der Waals surface area contributed by atoms with Crippen LogP contribution >= 0.6 is 0 Å². The number of aromatic nitrogens is 2. The molecule has 50 heavy (non-hydrogen) atoms. The molecule has 5 rings (SSSR count). The minimum absolute atomic E-state index is 0.0837. The van der Waals surface area contributed by atoms with Crippen molar-refractivity contribution in [3.63, 3.8) is 0 Å². The summed E-state index contributed by atoms with van der Waals surface area (Å²) in [6, 6.07) is 8.57. The molecule has 2 aliphatic heterocycles. The number of ether oxygens (including phenoxy) is 2. The largest absolute Gasteiger partial charge is 0.481 e. The summed E-state index contributed by atoms with van der Waals surface area (Å²) in [6.07, 6.45) is 2.16. The Morgan fingerprint density at radius 1 is 0.940 bits per heavy atom. The summed E-state index contributed by atoms with van der Waals surface area (Å²) in [7, 11) is 0. The Kier molecular flexibility index (Phi) is 11.9. The number of carboxylic acids is 1. The number of amides is 5. The van der Waals surface area contributed by atoms with Crippen LogP contribution in [-0.2, 0) is 23.9 Å². The summed E-state index contributed by atoms with van der Waals surface area (Å²) < 4.78 is 12.5. The Hall–Kier alpha value is -5.15. The van der Waals surface area contributed by atoms with Crippen LogP contribution in [0.2, 0.25) is 0 Å². The minimum atomic E-state index is -1.18. The highest BCUT2D eigenvalue weighted by Crippen LogP contribution is 2.25. The number of carbonyl (C=O) groups is 6. The zero-order valence-corrected chi connectivity index (χ0v) is 28.4. The predicted octanol–water partition coefficient (Wildman–Crippen LogP) is 1.56. The first-order chi connectivity index (χ1) is 24.0. The summed E-state index contributed by atoms with van der Waals surface area (Å²) in [5.74, 6) is -2.81. The molecule has 0 bridgehead atoms. The third-order valence-electron chi connectivity index (χ3n) is 9.21. The number of carbonyl (C=O) groups excluding carboxylic acids is 5. The third kappa shape index (κ3) is 8.71. The van der Waals surface area contributed by atoms with Gasteiger partial charge in [0, 0.05) is 51.3 Å². The molecule has 5 amide bonds. The molecule has 1 aromatic heterocycles. The zero-order chi connectivity index (χ0) is 35.8. The van der Waals surface area contributed by atoms with Gasteiger partial charge < -0.3 is 39.9 Å². The molecule has 0 radical (unpaired) electrons. The number of hydrogen-bond acceptors (Lipinski definition) is 9. The second kappa shape index (κ2) is 16.5. The molecule has 2 unspecified atom stereocenters. The number of piperazine rings is 1. The monoisotopic (exact) mass is 695 g/mol. The van der Waals surface area contributed by atoms with E-state index in [1.165, 1.54) is 20.5 Å². The number of carboxylic acid groups (broad SMARTS) is 1. The van der Waals surface area contributed by atoms with Crippen LogP contribution in [0.3, 0.4) is 0 Å². The average Bonchev–Trinajstić information content (AvgIpc) is 3.76. The molecule has 16 nitrogen and oxygen atoms in total. The van der Waals surface area contributed by atoms with Crippen LogP contribution in [0.25, 0.3) is 5.69 Å². The smallest absolute Gasteiger partial charge is 0.409 e. The van der Waals surface area contributed by atoms with E-state index >= 15 is 0 Å². The van der Waals surface area contributed by atoms with Gasteiger partial charge in [0.1, 0.15) is 12.1 Å². The molecule has 1 aliphatic carbocycles. The lowest BCUT2D eigenvalue weighted by molar-refractivity contribution is -0.143. The third-order valence-corrected chi connectivity index (χ3v) is 9.21. The van der Waals surface area contributed by atoms with Gasteiger partial charge in [-0.05, 0) is 64.5 Å². The normalized spacial score (nSPS) is 18.8. The first-order valence-electron chi connectivity index (χ1n) is 17.2. The SMILES string of the molecule is CCOC(=O)N1CCN(C(=O)C(CCC(=O)O)NC(=O)c2cc(O[C@H](C)C(=O)N3CCCC3C(=O)NC3CCC3)n(-c3ccccc3)n2)CC1. The van der Waals surface area contributed by atoms with E-state index in [0.29, 0.717) is 25.1 Å². The number of nitrogens with one attached hydrogen (secondary N) is 2. The van der Waals surface area contributed by atoms with Gasteiger partial charge in [0.25, 0.3) is 11.8 Å². The molecular formula is C34H45N7O9. The van der Waals surface area contributed by atoms with Crippen LogP contribution in [0.15, 0.2) is 36.4 Å². The number of para-hydroxylation sites is 1. The first kappa shape index (κ1) is 36.1. The molecule has 2 aromatic rings. The van der Waals surface area contributed by atoms with E-state index in [2.05, 4.69) is 15.7 Å². The standard InChI is InChI=1S/C34H45N7O9/c1-3-49-34(48)39-19-17-38(18-20-39)33(47)25(14-15-29(42)43)36-30(44)26-21-28(41(37-26)24-11-5-4-6-12-24)50-22(2)32(46)40-16-8-13-27(40)31(45)35-23-9-7-10-23/h4-6,11-12,21-23,25,27H,3,7-10,13-20H2,1-2H3,(H,35,45)(H,36,44)(H,42,43)/t22-,25?,27?/m1/s1. The number of hydrogen-bond donors (Lipinski definition) is 3. The average molecular weight is 696 g/mol. The van der Waals surface area contributed by atoms with Crippen LogP contribution in [0.5, 0.6) is 5.88 Å². The summed E-state index contributed by atoms with van der Waals surface area (Å²) in [5, 5.41) is 19.5. The Bertz CT molecular complexity index is 1550. The molecule has 0 spiro atoms. The topological polar surface area (TPSA) is 193 Å². The second-order valence-electron chi connectivity index (χ2n) is 12.7. The van der Waals surface area contributed by atoms with Crippen molar-refractivity contribution in [3.05, 3.63) is 42.1 Å². The molecule has 3 fully saturated rings. The van der Waals surface area contributed by atoms with Crippen molar-refractivity contribution in [2.75, 3.05) is 39.3 Å². The quantitative estimate of drug-likeness (QED) is 0.277. The van der Waals surface area contributed by atoms with Crippen molar-refractivity contribution in [2.45, 2.75) is 83.0 Å². The molecule has 1 saturated carbocycles. The van der Waals surface area contributed by atoms with Gasteiger partial charge in [-0.25, -0.2) is 9.48 Å². The lowest BCUT2D eigenvalue weighted by Gasteiger charge is -2.35. The lowest BCUT2D eigenvalue weighted by atomic mass is 9.93. The van der Waals surface area contributed by atoms with E-state index in [-0.39, 0.29) is 75.1 Å². The summed E-state index contributed by atoms with van der Waals surface area (Å²) >= 11 is 0. The van der Waals surface area contributed by atoms with Gasteiger partial charge in [0.15, 0.2) is 11.8 Å². The highest BCUT2D eigenvalue weighted by atomic mass is 16.6. The Morgan fingerprint density at radius 3 is 2.28 bits per heavy atom. The van der Waals surface area contributed by atoms with Crippen LogP contribution in [0, 0.1) is 0 Å². The van der Waals surface area contributed by atoms with Gasteiger partial charge in [-0.15, -0.1) is 0 Å². The molecule has 2 saturated heterocycles. The van der Waals surface area contributed by atoms with E-state index in [9.17, 15) is 33.9 Å². The maximum Gasteiger partial charge on any atom is 0.409 e. The van der Waals surface area contributed by atoms with E-state index in [1.54, 1.807) is 49.1 Å². The van der Waals surface area contributed by atoms with Gasteiger partial charge in [-0.3, -0.25) is 24.0 Å². The first-order valence-corrected chi connectivity index (χ1v) is 17.2. The van der Waals surface area contributed by atoms with Crippen LogP contribution in [-0.4, -0.2) is 129 Å². The lowest BCUT2D eigenvalue weighted by Crippen LogP contribution is -2.56. The number of benzene rings is 1. The number of nitrogens with zero attached hydrogens (tertiary/aromatic N) is 5. The molecule has 3 aliphatic rings. The van der Waals surface area contributed by atoms with Gasteiger partial charge in [0.2, 0.25) is 17.7 Å². The highest BCUT2D eigenvalue weighted by molar-refractivity contribution is 5.96. The van der Waals surface area contributed by atoms with Gasteiger partial charge in [-0.2, -0.15) is 5.10 Å². The van der Waals surface area contributed by atoms with E-state index in [0.717, 1.165) is 19.3 Å². The fraction of sp³-hybridized carbons (Fsp3) is 0.559. The van der Waals surface area contributed by atoms with Crippen LogP contribution in [0.4, 0.5) is 4.79 Å². The van der Waals surface area contributed by atoms with E-state index in [4.69, 9.17) is 9.47 Å². The van der Waals surface area contributed by atoms with Crippen molar-refractivity contribution in [1.82, 2.24) is 35.1 Å². The highest BCUT2D eigenvalue weighted by Gasteiger charge is 2.38. The molecule has 3 heterocycles. The fourth-order valence-electron chi connectivity index (χ4n) is 6.23. The maximum absolute atomic E-state index is 13.6. The number of likely N-dealkylation sites (tertiary alicyclic amines) is 1. The predicted molar refractivity (Wildman–Crippen MR) is 177 cm³/mol. The van der Waals surface area contributed by atoms with Crippen molar-refractivity contribution in [2.24, 2.45) is 0 Å². The van der Waals surface area contributed by atoms with Crippen molar-refractivity contribution in [3.8, 4) is 11.6 Å². The summed E-state index contributed by atoms with van der Waals surface area (Å²) in [6.45, 7) is 4.75. The van der Waals surface area contributed by atoms with Gasteiger partial charge in [0.05, 0.1) is 12.3 Å². The Labute approximate surface area is 290 Å². The molecular weight excluding hydrogens is 650 g/mol.